The highest BCUT2D eigenvalue weighted by atomic mass is 16.5. The first-order valence-electron chi connectivity index (χ1n) is 7.35. The summed E-state index contributed by atoms with van der Waals surface area (Å²) >= 11 is 0. The van der Waals surface area contributed by atoms with E-state index in [0.29, 0.717) is 17.5 Å². The molecule has 3 heteroatoms. The first-order valence-corrected chi connectivity index (χ1v) is 7.35. The summed E-state index contributed by atoms with van der Waals surface area (Å²) in [6.45, 7) is 10.9. The molecule has 0 bridgehead atoms. The molecule has 0 aromatic heterocycles. The highest BCUT2D eigenvalue weighted by Crippen LogP contribution is 2.38. The van der Waals surface area contributed by atoms with Crippen molar-refractivity contribution in [1.29, 1.82) is 0 Å². The van der Waals surface area contributed by atoms with Gasteiger partial charge in [0.25, 0.3) is 0 Å². The lowest BCUT2D eigenvalue weighted by Gasteiger charge is -2.47. The number of ether oxygens (including phenoxy) is 1. The molecule has 0 amide bonds. The Bertz CT molecular complexity index is 255. The van der Waals surface area contributed by atoms with E-state index in [9.17, 15) is 0 Å². The summed E-state index contributed by atoms with van der Waals surface area (Å²) in [5, 5.41) is 6.79. The molecule has 0 aromatic carbocycles. The van der Waals surface area contributed by atoms with Crippen LogP contribution < -0.4 is 10.6 Å². The Morgan fingerprint density at radius 2 is 2.11 bits per heavy atom. The van der Waals surface area contributed by atoms with Crippen molar-refractivity contribution in [3.63, 3.8) is 0 Å². The zero-order valence-electron chi connectivity index (χ0n) is 13.1. The molecule has 1 saturated carbocycles. The number of hydrogen-bond donors (Lipinski definition) is 2. The smallest absolute Gasteiger partial charge is 0.0534 e. The Kier molecular flexibility index (Phi) is 5.63. The van der Waals surface area contributed by atoms with E-state index < -0.39 is 0 Å². The minimum Gasteiger partial charge on any atom is -0.380 e. The minimum atomic E-state index is 0.231. The van der Waals surface area contributed by atoms with Gasteiger partial charge in [-0.3, -0.25) is 0 Å². The minimum absolute atomic E-state index is 0.231. The molecule has 1 aliphatic carbocycles. The summed E-state index contributed by atoms with van der Waals surface area (Å²) in [5.74, 6) is 0.675. The van der Waals surface area contributed by atoms with Crippen LogP contribution in [0.5, 0.6) is 0 Å². The van der Waals surface area contributed by atoms with Crippen molar-refractivity contribution in [2.24, 2.45) is 11.3 Å². The second-order valence-corrected chi connectivity index (χ2v) is 6.44. The molecule has 0 aromatic rings. The molecule has 0 saturated heterocycles. The van der Waals surface area contributed by atoms with Crippen LogP contribution in [0.15, 0.2) is 0 Å². The molecule has 4 unspecified atom stereocenters. The van der Waals surface area contributed by atoms with Crippen LogP contribution in [0.1, 0.15) is 47.0 Å². The Balaban J connectivity index is 2.36. The van der Waals surface area contributed by atoms with Crippen LogP contribution >= 0.6 is 0 Å². The normalized spacial score (nSPS) is 32.7. The summed E-state index contributed by atoms with van der Waals surface area (Å²) in [7, 11) is 4.09. The maximum absolute atomic E-state index is 6.03. The molecule has 0 heterocycles. The summed E-state index contributed by atoms with van der Waals surface area (Å²) in [5.41, 5.74) is 0.534. The standard InChI is InChI=1S/C15H32N2O/c1-7-14(3,12(2)16-5)11-18-10-13-8-9-15(13,4)17-6/h12-13,16-17H,7-11H2,1-6H3. The van der Waals surface area contributed by atoms with E-state index in [2.05, 4.69) is 45.4 Å². The van der Waals surface area contributed by atoms with Crippen LogP contribution in [0.3, 0.4) is 0 Å². The molecule has 0 radical (unpaired) electrons. The van der Waals surface area contributed by atoms with Crippen LogP contribution in [0.25, 0.3) is 0 Å². The van der Waals surface area contributed by atoms with Gasteiger partial charge < -0.3 is 15.4 Å². The van der Waals surface area contributed by atoms with E-state index in [1.165, 1.54) is 12.8 Å². The lowest BCUT2D eigenvalue weighted by Crippen LogP contribution is -2.56. The van der Waals surface area contributed by atoms with Gasteiger partial charge in [0.15, 0.2) is 0 Å². The third-order valence-corrected chi connectivity index (χ3v) is 5.52. The van der Waals surface area contributed by atoms with Gasteiger partial charge in [-0.25, -0.2) is 0 Å². The Labute approximate surface area is 113 Å². The zero-order valence-corrected chi connectivity index (χ0v) is 13.1. The Morgan fingerprint density at radius 1 is 1.44 bits per heavy atom. The predicted molar refractivity (Wildman–Crippen MR) is 77.9 cm³/mol. The first-order chi connectivity index (χ1) is 8.41. The zero-order chi connectivity index (χ0) is 13.8. The van der Waals surface area contributed by atoms with Crippen molar-refractivity contribution in [3.05, 3.63) is 0 Å². The number of rotatable bonds is 8. The first kappa shape index (κ1) is 15.9. The summed E-state index contributed by atoms with van der Waals surface area (Å²) in [6.07, 6.45) is 3.71. The average Bonchev–Trinajstić information content (AvgIpc) is 2.39. The highest BCUT2D eigenvalue weighted by molar-refractivity contribution is 4.98. The SMILES string of the molecule is CCC(C)(COCC1CCC1(C)NC)C(C)NC. The molecule has 2 N–H and O–H groups in total. The van der Waals surface area contributed by atoms with E-state index in [0.717, 1.165) is 19.6 Å². The van der Waals surface area contributed by atoms with Gasteiger partial charge in [0.05, 0.1) is 13.2 Å². The van der Waals surface area contributed by atoms with Crippen molar-refractivity contribution < 1.29 is 4.74 Å². The monoisotopic (exact) mass is 256 g/mol. The van der Waals surface area contributed by atoms with Gasteiger partial charge in [0.1, 0.15) is 0 Å². The van der Waals surface area contributed by atoms with Gasteiger partial charge in [-0.05, 0) is 47.2 Å². The quantitative estimate of drug-likeness (QED) is 0.700. The lowest BCUT2D eigenvalue weighted by molar-refractivity contribution is -0.0303. The van der Waals surface area contributed by atoms with E-state index >= 15 is 0 Å². The Morgan fingerprint density at radius 3 is 2.50 bits per heavy atom. The van der Waals surface area contributed by atoms with Crippen LogP contribution in [-0.2, 0) is 4.74 Å². The summed E-state index contributed by atoms with van der Waals surface area (Å²) in [6, 6.07) is 0.486. The van der Waals surface area contributed by atoms with E-state index in [4.69, 9.17) is 4.74 Å². The van der Waals surface area contributed by atoms with Gasteiger partial charge >= 0.3 is 0 Å². The van der Waals surface area contributed by atoms with Crippen molar-refractivity contribution in [2.75, 3.05) is 27.3 Å². The van der Waals surface area contributed by atoms with Crippen molar-refractivity contribution >= 4 is 0 Å². The Hall–Kier alpha value is -0.120. The molecule has 1 rings (SSSR count). The average molecular weight is 256 g/mol. The molecule has 18 heavy (non-hydrogen) atoms. The van der Waals surface area contributed by atoms with Gasteiger partial charge in [-0.15, -0.1) is 0 Å². The van der Waals surface area contributed by atoms with Crippen LogP contribution in [-0.4, -0.2) is 38.9 Å². The van der Waals surface area contributed by atoms with E-state index in [-0.39, 0.29) is 5.41 Å². The second kappa shape index (κ2) is 6.36. The third-order valence-electron chi connectivity index (χ3n) is 5.52. The maximum atomic E-state index is 6.03. The molecule has 1 fully saturated rings. The fraction of sp³-hybridized carbons (Fsp3) is 1.00. The summed E-state index contributed by atoms with van der Waals surface area (Å²) in [4.78, 5) is 0. The molecular weight excluding hydrogens is 224 g/mol. The topological polar surface area (TPSA) is 33.3 Å². The maximum Gasteiger partial charge on any atom is 0.0534 e. The number of hydrogen-bond acceptors (Lipinski definition) is 3. The highest BCUT2D eigenvalue weighted by Gasteiger charge is 2.41. The van der Waals surface area contributed by atoms with Gasteiger partial charge in [0.2, 0.25) is 0 Å². The fourth-order valence-electron chi connectivity index (χ4n) is 2.69. The third kappa shape index (κ3) is 3.25. The largest absolute Gasteiger partial charge is 0.380 e. The molecular formula is C15H32N2O. The van der Waals surface area contributed by atoms with Crippen molar-refractivity contribution in [1.82, 2.24) is 10.6 Å². The molecule has 3 nitrogen and oxygen atoms in total. The van der Waals surface area contributed by atoms with Crippen LogP contribution in [0.2, 0.25) is 0 Å². The van der Waals surface area contributed by atoms with Crippen LogP contribution in [0, 0.1) is 11.3 Å². The van der Waals surface area contributed by atoms with Gasteiger partial charge in [0, 0.05) is 22.9 Å². The predicted octanol–water partition coefficient (Wildman–Crippen LogP) is 2.42. The molecule has 0 spiro atoms. The fourth-order valence-corrected chi connectivity index (χ4v) is 2.69. The van der Waals surface area contributed by atoms with Crippen molar-refractivity contribution in [2.45, 2.75) is 58.5 Å². The van der Waals surface area contributed by atoms with E-state index in [1.54, 1.807) is 0 Å². The second-order valence-electron chi connectivity index (χ2n) is 6.44. The van der Waals surface area contributed by atoms with Gasteiger partial charge in [-0.2, -0.15) is 0 Å². The van der Waals surface area contributed by atoms with Crippen LogP contribution in [0.4, 0.5) is 0 Å². The molecule has 0 aliphatic heterocycles. The summed E-state index contributed by atoms with van der Waals surface area (Å²) < 4.78 is 6.03. The molecule has 1 aliphatic rings. The van der Waals surface area contributed by atoms with Crippen molar-refractivity contribution in [3.8, 4) is 0 Å². The van der Waals surface area contributed by atoms with Gasteiger partial charge in [-0.1, -0.05) is 13.8 Å². The molecule has 4 atom stereocenters. The lowest BCUT2D eigenvalue weighted by atomic mass is 9.68. The molecule has 108 valence electrons. The van der Waals surface area contributed by atoms with E-state index in [1.807, 2.05) is 7.05 Å². The number of nitrogens with one attached hydrogen (secondary N) is 2.